The Balaban J connectivity index is 1.80. The summed E-state index contributed by atoms with van der Waals surface area (Å²) < 4.78 is 67.1. The summed E-state index contributed by atoms with van der Waals surface area (Å²) in [5.41, 5.74) is 3.57. The zero-order valence-electron chi connectivity index (χ0n) is 31.8. The van der Waals surface area contributed by atoms with Crippen LogP contribution in [0.1, 0.15) is 122 Å². The average Bonchev–Trinajstić information content (AvgIpc) is 3.41. The van der Waals surface area contributed by atoms with Crippen LogP contribution in [0.5, 0.6) is 0 Å². The highest BCUT2D eigenvalue weighted by atomic mass is 32.2. The first kappa shape index (κ1) is 42.5. The van der Waals surface area contributed by atoms with Crippen molar-refractivity contribution < 1.29 is 50.0 Å². The lowest BCUT2D eigenvalue weighted by Gasteiger charge is -2.27. The smallest absolute Gasteiger partial charge is 0.336 e. The summed E-state index contributed by atoms with van der Waals surface area (Å²) in [6.45, 7) is 11.9. The first-order valence-corrected chi connectivity index (χ1v) is 21.4. The second kappa shape index (κ2) is 16.6. The van der Waals surface area contributed by atoms with Crippen molar-refractivity contribution in [3.8, 4) is 0 Å². The average molecular weight is 784 g/mol. The molecule has 0 unspecified atom stereocenters. The Morgan fingerprint density at radius 3 is 2.04 bits per heavy atom. The molecule has 292 valence electrons. The van der Waals surface area contributed by atoms with Crippen LogP contribution in [0, 0.1) is 0 Å². The number of carbonyl (C=O) groups excluding carboxylic acids is 2. The Morgan fingerprint density at radius 1 is 0.796 bits per heavy atom. The molecular weight excluding hydrogens is 733 g/mol. The molecule has 12 nitrogen and oxygen atoms in total. The Hall–Kier alpha value is -4.24. The molecule has 0 spiro atoms. The fourth-order valence-corrected chi connectivity index (χ4v) is 8.64. The molecule has 0 bridgehead atoms. The Bertz CT molecular complexity index is 2180. The van der Waals surface area contributed by atoms with E-state index in [2.05, 4.69) is 0 Å². The maximum Gasteiger partial charge on any atom is 0.336 e. The molecule has 0 fully saturated rings. The standard InChI is InChI=1S/C40H50N2O10S2/c1-7-15-32(43)27-25-29(33(44)16-8-2)37-31(26-27)42(22-14-24-54(50,51)52)35(40(37,5)6)20-11-9-10-19-34-39(3,4)36-28(38(45)46)17-12-18-30(36)41(34)21-13-23-53(47,48)49/h9-12,17-20,25-26H,7-8,13-16,21-24H2,1-6H3,(H2-,45,46,47,48,49,50,51,52)/p+1. The Morgan fingerprint density at radius 2 is 1.43 bits per heavy atom. The van der Waals surface area contributed by atoms with E-state index in [0.29, 0.717) is 53.7 Å². The van der Waals surface area contributed by atoms with Crippen molar-refractivity contribution in [3.63, 3.8) is 0 Å². The second-order valence-corrected chi connectivity index (χ2v) is 17.9. The highest BCUT2D eigenvalue weighted by molar-refractivity contribution is 7.86. The minimum absolute atomic E-state index is 0.0837. The molecular formula is C40H51N2O10S2+. The molecule has 2 aliphatic heterocycles. The molecule has 0 saturated carbocycles. The first-order valence-electron chi connectivity index (χ1n) is 18.2. The largest absolute Gasteiger partial charge is 0.478 e. The van der Waals surface area contributed by atoms with E-state index >= 15 is 0 Å². The maximum atomic E-state index is 13.6. The van der Waals surface area contributed by atoms with Gasteiger partial charge in [-0.3, -0.25) is 18.7 Å². The van der Waals surface area contributed by atoms with Crippen molar-refractivity contribution in [1.82, 2.24) is 0 Å². The summed E-state index contributed by atoms with van der Waals surface area (Å²) in [5.74, 6) is -2.20. The molecule has 2 heterocycles. The summed E-state index contributed by atoms with van der Waals surface area (Å²) in [7, 11) is -8.45. The number of carboxylic acid groups (broad SMARTS) is 1. The fraction of sp³-hybridized carbons (Fsp3) is 0.450. The molecule has 14 heteroatoms. The quantitative estimate of drug-likeness (QED) is 0.0607. The second-order valence-electron chi connectivity index (χ2n) is 14.8. The highest BCUT2D eigenvalue weighted by Gasteiger charge is 2.47. The van der Waals surface area contributed by atoms with Crippen LogP contribution in [0.15, 0.2) is 66.4 Å². The van der Waals surface area contributed by atoms with Gasteiger partial charge in [-0.15, -0.1) is 0 Å². The number of hydrogen-bond acceptors (Lipinski definition) is 8. The highest BCUT2D eigenvalue weighted by Crippen LogP contribution is 2.50. The minimum atomic E-state index is -4.24. The van der Waals surface area contributed by atoms with E-state index in [-0.39, 0.29) is 43.1 Å². The summed E-state index contributed by atoms with van der Waals surface area (Å²) in [4.78, 5) is 40.9. The van der Waals surface area contributed by atoms with Crippen LogP contribution in [-0.2, 0) is 31.1 Å². The van der Waals surface area contributed by atoms with Gasteiger partial charge in [0.2, 0.25) is 5.69 Å². The van der Waals surface area contributed by atoms with Crippen molar-refractivity contribution in [1.29, 1.82) is 0 Å². The van der Waals surface area contributed by atoms with Gasteiger partial charge in [0.1, 0.15) is 6.54 Å². The van der Waals surface area contributed by atoms with Gasteiger partial charge in [-0.25, -0.2) is 4.79 Å². The van der Waals surface area contributed by atoms with Crippen molar-refractivity contribution in [2.24, 2.45) is 0 Å². The number of anilines is 1. The van der Waals surface area contributed by atoms with Crippen LogP contribution in [0.3, 0.4) is 0 Å². The summed E-state index contributed by atoms with van der Waals surface area (Å²) in [5, 5.41) is 9.99. The van der Waals surface area contributed by atoms with Gasteiger partial charge in [-0.05, 0) is 62.9 Å². The molecule has 0 saturated heterocycles. The zero-order valence-corrected chi connectivity index (χ0v) is 33.4. The summed E-state index contributed by atoms with van der Waals surface area (Å²) >= 11 is 0. The first-order chi connectivity index (χ1) is 25.2. The van der Waals surface area contributed by atoms with Crippen LogP contribution in [0.25, 0.3) is 0 Å². The van der Waals surface area contributed by atoms with Crippen LogP contribution in [0.4, 0.5) is 11.4 Å². The third-order valence-electron chi connectivity index (χ3n) is 9.96. The Kier molecular flexibility index (Phi) is 13.1. The predicted octanol–water partition coefficient (Wildman–Crippen LogP) is 7.08. The lowest BCUT2D eigenvalue weighted by Crippen LogP contribution is -2.29. The van der Waals surface area contributed by atoms with E-state index in [1.807, 2.05) is 63.2 Å². The van der Waals surface area contributed by atoms with Gasteiger partial charge in [-0.2, -0.15) is 21.4 Å². The van der Waals surface area contributed by atoms with E-state index < -0.39 is 48.5 Å². The number of aromatic carboxylic acids is 1. The Labute approximate surface area is 318 Å². The van der Waals surface area contributed by atoms with Gasteiger partial charge >= 0.3 is 5.97 Å². The van der Waals surface area contributed by atoms with E-state index in [1.54, 1.807) is 42.5 Å². The van der Waals surface area contributed by atoms with Crippen LogP contribution in [0.2, 0.25) is 0 Å². The molecule has 0 aromatic heterocycles. The summed E-state index contributed by atoms with van der Waals surface area (Å²) in [6.07, 6.45) is 11.1. The molecule has 0 radical (unpaired) electrons. The third-order valence-corrected chi connectivity index (χ3v) is 11.6. The number of carboxylic acids is 1. The van der Waals surface area contributed by atoms with Crippen molar-refractivity contribution >= 4 is 54.9 Å². The van der Waals surface area contributed by atoms with E-state index in [4.69, 9.17) is 0 Å². The SMILES string of the molecule is CCCC(=O)c1cc(C(=O)CCC)c2c(c1)N(CCCS(=O)(=O)O)C(=CC=CC=CC1=[N+](CCCS(=O)(=O)O)c3cccc(C(=O)O)c3C1(C)C)C2(C)C. The van der Waals surface area contributed by atoms with Gasteiger partial charge in [0.15, 0.2) is 17.3 Å². The fourth-order valence-electron chi connectivity index (χ4n) is 7.65. The molecule has 0 amide bonds. The number of rotatable bonds is 18. The van der Waals surface area contributed by atoms with E-state index in [0.717, 1.165) is 17.0 Å². The van der Waals surface area contributed by atoms with E-state index in [1.165, 1.54) is 6.07 Å². The van der Waals surface area contributed by atoms with Gasteiger partial charge in [0.05, 0.1) is 28.0 Å². The predicted molar refractivity (Wildman–Crippen MR) is 210 cm³/mol. The van der Waals surface area contributed by atoms with Gasteiger partial charge in [0, 0.05) is 65.9 Å². The van der Waals surface area contributed by atoms with E-state index in [9.17, 15) is 45.4 Å². The molecule has 2 aromatic carbocycles. The van der Waals surface area contributed by atoms with Gasteiger partial charge in [0.25, 0.3) is 20.2 Å². The number of ketones is 2. The lowest BCUT2D eigenvalue weighted by molar-refractivity contribution is -0.437. The zero-order chi connectivity index (χ0) is 40.2. The molecule has 4 rings (SSSR count). The van der Waals surface area contributed by atoms with Crippen molar-refractivity contribution in [2.75, 3.05) is 29.5 Å². The minimum Gasteiger partial charge on any atom is -0.478 e. The van der Waals surface area contributed by atoms with Crippen LogP contribution < -0.4 is 4.90 Å². The van der Waals surface area contributed by atoms with Crippen LogP contribution in [-0.4, -0.2) is 83.5 Å². The number of carbonyl (C=O) groups is 3. The van der Waals surface area contributed by atoms with Crippen molar-refractivity contribution in [2.45, 2.75) is 90.9 Å². The monoisotopic (exact) mass is 783 g/mol. The number of hydrogen-bond donors (Lipinski definition) is 3. The number of nitrogens with zero attached hydrogens (tertiary/aromatic N) is 2. The molecule has 3 N–H and O–H groups in total. The number of benzene rings is 2. The molecule has 0 atom stereocenters. The van der Waals surface area contributed by atoms with Gasteiger partial charge < -0.3 is 10.0 Å². The normalized spacial score (nSPS) is 17.2. The molecule has 2 aliphatic rings. The molecule has 54 heavy (non-hydrogen) atoms. The molecule has 2 aromatic rings. The summed E-state index contributed by atoms with van der Waals surface area (Å²) in [6, 6.07) is 8.42. The number of fused-ring (bicyclic) bond motifs is 2. The maximum absolute atomic E-state index is 13.6. The lowest BCUT2D eigenvalue weighted by atomic mass is 9.78. The topological polar surface area (TPSA) is 186 Å². The van der Waals surface area contributed by atoms with Crippen molar-refractivity contribution in [3.05, 3.63) is 94.2 Å². The third kappa shape index (κ3) is 9.34. The van der Waals surface area contributed by atoms with Gasteiger partial charge in [-0.1, -0.05) is 52.0 Å². The molecule has 0 aliphatic carbocycles. The number of Topliss-reactive ketones (excluding diaryl/α,β-unsaturated/α-hetero) is 2. The number of allylic oxidation sites excluding steroid dienone is 6. The van der Waals surface area contributed by atoms with Crippen LogP contribution >= 0.6 is 0 Å².